The summed E-state index contributed by atoms with van der Waals surface area (Å²) in [6, 6.07) is -0.0829. The zero-order valence-electron chi connectivity index (χ0n) is 11.9. The molecule has 1 unspecified atom stereocenters. The second-order valence-corrected chi connectivity index (χ2v) is 5.38. The molecule has 0 radical (unpaired) electrons. The third kappa shape index (κ3) is 2.68. The summed E-state index contributed by atoms with van der Waals surface area (Å²) in [6.07, 6.45) is 6.85. The average Bonchev–Trinajstić information content (AvgIpc) is 2.79. The SMILES string of the molecule is COc1cnc(C(=O)NC2CCN(C3CCC3)C2=O)nc1. The van der Waals surface area contributed by atoms with Crippen LogP contribution in [0.4, 0.5) is 0 Å². The van der Waals surface area contributed by atoms with E-state index in [1.54, 1.807) is 0 Å². The van der Waals surface area contributed by atoms with Crippen LogP contribution in [-0.2, 0) is 4.79 Å². The van der Waals surface area contributed by atoms with Gasteiger partial charge in [0, 0.05) is 12.6 Å². The van der Waals surface area contributed by atoms with Crippen molar-refractivity contribution in [2.75, 3.05) is 13.7 Å². The number of nitrogens with zero attached hydrogens (tertiary/aromatic N) is 3. The van der Waals surface area contributed by atoms with E-state index >= 15 is 0 Å². The Hall–Kier alpha value is -2.18. The van der Waals surface area contributed by atoms with E-state index in [1.807, 2.05) is 4.90 Å². The molecular weight excluding hydrogens is 272 g/mol. The molecule has 3 rings (SSSR count). The first-order chi connectivity index (χ1) is 10.2. The number of rotatable bonds is 4. The molecule has 7 nitrogen and oxygen atoms in total. The van der Waals surface area contributed by atoms with E-state index < -0.39 is 11.9 Å². The molecule has 1 aromatic rings. The standard InChI is InChI=1S/C14H18N4O3/c1-21-10-7-15-12(16-8-10)13(19)17-11-5-6-18(14(11)20)9-3-2-4-9/h7-9,11H,2-6H2,1H3,(H,17,19). The predicted octanol–water partition coefficient (Wildman–Crippen LogP) is 0.368. The van der Waals surface area contributed by atoms with Gasteiger partial charge in [0.15, 0.2) is 5.75 Å². The Morgan fingerprint density at radius 3 is 2.62 bits per heavy atom. The maximum Gasteiger partial charge on any atom is 0.289 e. The summed E-state index contributed by atoms with van der Waals surface area (Å²) in [6.45, 7) is 0.720. The van der Waals surface area contributed by atoms with Crippen LogP contribution in [0.25, 0.3) is 0 Å². The Labute approximate surface area is 122 Å². The molecule has 1 aliphatic heterocycles. The molecule has 0 spiro atoms. The number of aromatic nitrogens is 2. The number of carbonyl (C=O) groups is 2. The highest BCUT2D eigenvalue weighted by atomic mass is 16.5. The predicted molar refractivity (Wildman–Crippen MR) is 73.8 cm³/mol. The molecule has 2 fully saturated rings. The number of carbonyl (C=O) groups excluding carboxylic acids is 2. The van der Waals surface area contributed by atoms with Crippen molar-refractivity contribution in [3.05, 3.63) is 18.2 Å². The second-order valence-electron chi connectivity index (χ2n) is 5.38. The van der Waals surface area contributed by atoms with Gasteiger partial charge in [-0.05, 0) is 25.7 Å². The highest BCUT2D eigenvalue weighted by Gasteiger charge is 2.38. The van der Waals surface area contributed by atoms with E-state index in [4.69, 9.17) is 4.74 Å². The van der Waals surface area contributed by atoms with Crippen molar-refractivity contribution in [1.29, 1.82) is 0 Å². The zero-order chi connectivity index (χ0) is 14.8. The van der Waals surface area contributed by atoms with Crippen molar-refractivity contribution >= 4 is 11.8 Å². The molecule has 1 saturated carbocycles. The lowest BCUT2D eigenvalue weighted by molar-refractivity contribution is -0.132. The van der Waals surface area contributed by atoms with Crippen LogP contribution in [-0.4, -0.2) is 52.4 Å². The normalized spacial score (nSPS) is 22.0. The highest BCUT2D eigenvalue weighted by molar-refractivity contribution is 5.95. The van der Waals surface area contributed by atoms with Gasteiger partial charge in [-0.1, -0.05) is 0 Å². The van der Waals surface area contributed by atoms with Crippen molar-refractivity contribution in [2.24, 2.45) is 0 Å². The third-order valence-corrected chi connectivity index (χ3v) is 4.13. The van der Waals surface area contributed by atoms with E-state index in [2.05, 4.69) is 15.3 Å². The van der Waals surface area contributed by atoms with E-state index in [0.29, 0.717) is 18.2 Å². The van der Waals surface area contributed by atoms with Crippen LogP contribution >= 0.6 is 0 Å². The monoisotopic (exact) mass is 290 g/mol. The minimum absolute atomic E-state index is 0.0153. The quantitative estimate of drug-likeness (QED) is 0.866. The van der Waals surface area contributed by atoms with Gasteiger partial charge in [-0.2, -0.15) is 0 Å². The van der Waals surface area contributed by atoms with Crippen molar-refractivity contribution in [3.8, 4) is 5.75 Å². The molecule has 112 valence electrons. The van der Waals surface area contributed by atoms with Crippen LogP contribution in [0, 0.1) is 0 Å². The fraction of sp³-hybridized carbons (Fsp3) is 0.571. The van der Waals surface area contributed by atoms with Gasteiger partial charge in [-0.15, -0.1) is 0 Å². The fourth-order valence-electron chi connectivity index (χ4n) is 2.66. The average molecular weight is 290 g/mol. The van der Waals surface area contributed by atoms with Crippen molar-refractivity contribution in [3.63, 3.8) is 0 Å². The molecule has 2 amide bonds. The van der Waals surface area contributed by atoms with Crippen LogP contribution in [0.1, 0.15) is 36.3 Å². The topological polar surface area (TPSA) is 84.4 Å². The minimum Gasteiger partial charge on any atom is -0.494 e. The van der Waals surface area contributed by atoms with Gasteiger partial charge in [0.05, 0.1) is 19.5 Å². The number of ether oxygens (including phenoxy) is 1. The number of methoxy groups -OCH3 is 1. The molecule has 21 heavy (non-hydrogen) atoms. The number of nitrogens with one attached hydrogen (secondary N) is 1. The Morgan fingerprint density at radius 2 is 2.05 bits per heavy atom. The Bertz CT molecular complexity index is 542. The summed E-state index contributed by atoms with van der Waals surface area (Å²) in [5, 5.41) is 2.72. The van der Waals surface area contributed by atoms with E-state index in [-0.39, 0.29) is 11.7 Å². The molecule has 1 aliphatic carbocycles. The smallest absolute Gasteiger partial charge is 0.289 e. The Balaban J connectivity index is 1.60. The maximum atomic E-state index is 12.3. The number of amides is 2. The molecule has 1 aromatic heterocycles. The lowest BCUT2D eigenvalue weighted by Crippen LogP contribution is -2.46. The Morgan fingerprint density at radius 1 is 1.33 bits per heavy atom. The molecule has 0 aromatic carbocycles. The summed E-state index contributed by atoms with van der Waals surface area (Å²) < 4.78 is 4.94. The number of hydrogen-bond acceptors (Lipinski definition) is 5. The van der Waals surface area contributed by atoms with Crippen LogP contribution in [0.5, 0.6) is 5.75 Å². The molecule has 2 aliphatic rings. The largest absolute Gasteiger partial charge is 0.494 e. The van der Waals surface area contributed by atoms with Gasteiger partial charge in [-0.3, -0.25) is 9.59 Å². The van der Waals surface area contributed by atoms with Gasteiger partial charge in [0.2, 0.25) is 11.7 Å². The first kappa shape index (κ1) is 13.8. The Kier molecular flexibility index (Phi) is 3.72. The van der Waals surface area contributed by atoms with Gasteiger partial charge in [0.25, 0.3) is 5.91 Å². The van der Waals surface area contributed by atoms with Gasteiger partial charge >= 0.3 is 0 Å². The molecule has 1 saturated heterocycles. The lowest BCUT2D eigenvalue weighted by atomic mass is 9.92. The van der Waals surface area contributed by atoms with Crippen LogP contribution in [0.3, 0.4) is 0 Å². The van der Waals surface area contributed by atoms with Gasteiger partial charge in [0.1, 0.15) is 6.04 Å². The van der Waals surface area contributed by atoms with E-state index in [1.165, 1.54) is 25.9 Å². The molecular formula is C14H18N4O3. The summed E-state index contributed by atoms with van der Waals surface area (Å²) >= 11 is 0. The maximum absolute atomic E-state index is 12.3. The molecule has 1 atom stereocenters. The van der Waals surface area contributed by atoms with Gasteiger partial charge in [-0.25, -0.2) is 9.97 Å². The van der Waals surface area contributed by atoms with E-state index in [0.717, 1.165) is 19.4 Å². The molecule has 1 N–H and O–H groups in total. The minimum atomic E-state index is -0.455. The first-order valence-corrected chi connectivity index (χ1v) is 7.16. The van der Waals surface area contributed by atoms with E-state index in [9.17, 15) is 9.59 Å². The van der Waals surface area contributed by atoms with Crippen molar-refractivity contribution in [1.82, 2.24) is 20.2 Å². The van der Waals surface area contributed by atoms with Crippen LogP contribution in [0.2, 0.25) is 0 Å². The molecule has 0 bridgehead atoms. The number of likely N-dealkylation sites (tertiary alicyclic amines) is 1. The number of hydrogen-bond donors (Lipinski definition) is 1. The van der Waals surface area contributed by atoms with Crippen LogP contribution < -0.4 is 10.1 Å². The first-order valence-electron chi connectivity index (χ1n) is 7.16. The second kappa shape index (κ2) is 5.67. The lowest BCUT2D eigenvalue weighted by Gasteiger charge is -2.34. The molecule has 2 heterocycles. The summed E-state index contributed by atoms with van der Waals surface area (Å²) in [5.41, 5.74) is 0. The van der Waals surface area contributed by atoms with Crippen molar-refractivity contribution < 1.29 is 14.3 Å². The third-order valence-electron chi connectivity index (χ3n) is 4.13. The summed E-state index contributed by atoms with van der Waals surface area (Å²) in [4.78, 5) is 34.1. The fourth-order valence-corrected chi connectivity index (χ4v) is 2.66. The zero-order valence-corrected chi connectivity index (χ0v) is 11.9. The molecule has 7 heteroatoms. The van der Waals surface area contributed by atoms with Crippen LogP contribution in [0.15, 0.2) is 12.4 Å². The summed E-state index contributed by atoms with van der Waals surface area (Å²) in [5.74, 6) is 0.123. The van der Waals surface area contributed by atoms with Crippen molar-refractivity contribution in [2.45, 2.75) is 37.8 Å². The van der Waals surface area contributed by atoms with Gasteiger partial charge < -0.3 is 15.0 Å². The highest BCUT2D eigenvalue weighted by Crippen LogP contribution is 2.28. The summed E-state index contributed by atoms with van der Waals surface area (Å²) in [7, 11) is 1.50.